The second-order valence-electron chi connectivity index (χ2n) is 7.57. The third kappa shape index (κ3) is 6.35. The van der Waals surface area contributed by atoms with Crippen LogP contribution >= 0.6 is 0 Å². The number of likely N-dealkylation sites (tertiary alicyclic amines) is 1. The monoisotopic (exact) mass is 346 g/mol. The van der Waals surface area contributed by atoms with Crippen molar-refractivity contribution in [1.82, 2.24) is 10.2 Å². The molecular formula is C21H34N2O2. The number of carbonyl (C=O) groups is 1. The molecule has 4 nitrogen and oxygen atoms in total. The van der Waals surface area contributed by atoms with E-state index in [-0.39, 0.29) is 5.91 Å². The molecule has 1 amide bonds. The van der Waals surface area contributed by atoms with E-state index in [1.165, 1.54) is 19.5 Å². The minimum Gasteiger partial charge on any atom is -0.481 e. The Balaban J connectivity index is 1.69. The van der Waals surface area contributed by atoms with Gasteiger partial charge in [-0.15, -0.1) is 0 Å². The Labute approximate surface area is 152 Å². The van der Waals surface area contributed by atoms with Gasteiger partial charge in [0.05, 0.1) is 0 Å². The largest absolute Gasteiger partial charge is 0.481 e. The van der Waals surface area contributed by atoms with Crippen LogP contribution in [0.15, 0.2) is 24.3 Å². The highest BCUT2D eigenvalue weighted by molar-refractivity contribution is 5.80. The van der Waals surface area contributed by atoms with Crippen molar-refractivity contribution < 1.29 is 9.53 Å². The Bertz CT molecular complexity index is 536. The molecule has 0 unspecified atom stereocenters. The standard InChI is InChI=1S/C21H34N2O2/c1-5-19-9-6-7-10-20(19)25-18(4)21(24)22-11-8-12-23-14-16(2)13-17(3)15-23/h6-7,9-10,16-18H,5,8,11-15H2,1-4H3,(H,22,24)/t16-,17-,18+/m0/s1. The normalized spacial score (nSPS) is 22.4. The van der Waals surface area contributed by atoms with Gasteiger partial charge in [-0.3, -0.25) is 4.79 Å². The maximum Gasteiger partial charge on any atom is 0.260 e. The molecule has 1 saturated heterocycles. The van der Waals surface area contributed by atoms with Crippen molar-refractivity contribution in [3.05, 3.63) is 29.8 Å². The van der Waals surface area contributed by atoms with E-state index in [2.05, 4.69) is 31.0 Å². The molecular weight excluding hydrogens is 312 g/mol. The van der Waals surface area contributed by atoms with Gasteiger partial charge in [0.1, 0.15) is 5.75 Å². The molecule has 1 aliphatic rings. The molecule has 0 aromatic heterocycles. The van der Waals surface area contributed by atoms with Crippen LogP contribution < -0.4 is 10.1 Å². The average molecular weight is 347 g/mol. The third-order valence-electron chi connectivity index (χ3n) is 4.92. The fourth-order valence-corrected chi connectivity index (χ4v) is 3.79. The lowest BCUT2D eigenvalue weighted by Gasteiger charge is -2.34. The van der Waals surface area contributed by atoms with E-state index in [4.69, 9.17) is 4.74 Å². The number of nitrogens with one attached hydrogen (secondary N) is 1. The smallest absolute Gasteiger partial charge is 0.260 e. The SMILES string of the molecule is CCc1ccccc1O[C@H](C)C(=O)NCCCN1C[C@@H](C)C[C@H](C)C1. The van der Waals surface area contributed by atoms with E-state index in [0.717, 1.165) is 42.5 Å². The summed E-state index contributed by atoms with van der Waals surface area (Å²) in [6, 6.07) is 7.92. The predicted molar refractivity (Wildman–Crippen MR) is 103 cm³/mol. The Morgan fingerprint density at radius 3 is 2.64 bits per heavy atom. The van der Waals surface area contributed by atoms with Crippen molar-refractivity contribution in [1.29, 1.82) is 0 Å². The van der Waals surface area contributed by atoms with Crippen molar-refractivity contribution in [3.63, 3.8) is 0 Å². The van der Waals surface area contributed by atoms with Crippen LogP contribution in [0.5, 0.6) is 5.75 Å². The first kappa shape index (κ1) is 19.8. The summed E-state index contributed by atoms with van der Waals surface area (Å²) in [6.07, 6.45) is 2.75. The molecule has 1 aliphatic heterocycles. The highest BCUT2D eigenvalue weighted by atomic mass is 16.5. The van der Waals surface area contributed by atoms with Gasteiger partial charge in [-0.1, -0.05) is 39.0 Å². The number of hydrogen-bond donors (Lipinski definition) is 1. The molecule has 140 valence electrons. The molecule has 0 aliphatic carbocycles. The molecule has 0 bridgehead atoms. The van der Waals surface area contributed by atoms with Gasteiger partial charge in [-0.2, -0.15) is 0 Å². The van der Waals surface area contributed by atoms with Crippen LogP contribution in [0.4, 0.5) is 0 Å². The zero-order valence-corrected chi connectivity index (χ0v) is 16.3. The maximum absolute atomic E-state index is 12.3. The van der Waals surface area contributed by atoms with Gasteiger partial charge in [0.2, 0.25) is 0 Å². The summed E-state index contributed by atoms with van der Waals surface area (Å²) < 4.78 is 5.85. The fourth-order valence-electron chi connectivity index (χ4n) is 3.79. The van der Waals surface area contributed by atoms with E-state index in [1.807, 2.05) is 31.2 Å². The number of para-hydroxylation sites is 1. The Morgan fingerprint density at radius 2 is 1.96 bits per heavy atom. The van der Waals surface area contributed by atoms with Crippen LogP contribution in [0.25, 0.3) is 0 Å². The minimum absolute atomic E-state index is 0.0358. The molecule has 1 aromatic rings. The fraction of sp³-hybridized carbons (Fsp3) is 0.667. The van der Waals surface area contributed by atoms with Crippen LogP contribution in [-0.2, 0) is 11.2 Å². The Morgan fingerprint density at radius 1 is 1.28 bits per heavy atom. The predicted octanol–water partition coefficient (Wildman–Crippen LogP) is 3.50. The van der Waals surface area contributed by atoms with Crippen molar-refractivity contribution in [2.45, 2.75) is 53.1 Å². The first-order chi connectivity index (χ1) is 12.0. The molecule has 4 heteroatoms. The van der Waals surface area contributed by atoms with E-state index in [1.54, 1.807) is 0 Å². The lowest BCUT2D eigenvalue weighted by Crippen LogP contribution is -2.41. The summed E-state index contributed by atoms with van der Waals surface area (Å²) in [5, 5.41) is 3.01. The number of aryl methyl sites for hydroxylation is 1. The van der Waals surface area contributed by atoms with E-state index in [0.29, 0.717) is 6.54 Å². The maximum atomic E-state index is 12.3. The highest BCUT2D eigenvalue weighted by Gasteiger charge is 2.21. The lowest BCUT2D eigenvalue weighted by atomic mass is 9.92. The van der Waals surface area contributed by atoms with Gasteiger partial charge in [-0.25, -0.2) is 0 Å². The number of benzene rings is 1. The molecule has 0 spiro atoms. The van der Waals surface area contributed by atoms with Crippen molar-refractivity contribution in [2.75, 3.05) is 26.2 Å². The van der Waals surface area contributed by atoms with Crippen LogP contribution in [0.1, 0.15) is 46.1 Å². The highest BCUT2D eigenvalue weighted by Crippen LogP contribution is 2.21. The minimum atomic E-state index is -0.470. The summed E-state index contributed by atoms with van der Waals surface area (Å²) in [6.45, 7) is 12.7. The molecule has 0 radical (unpaired) electrons. The lowest BCUT2D eigenvalue weighted by molar-refractivity contribution is -0.127. The topological polar surface area (TPSA) is 41.6 Å². The summed E-state index contributed by atoms with van der Waals surface area (Å²) in [5.74, 6) is 2.34. The molecule has 0 saturated carbocycles. The number of carbonyl (C=O) groups excluding carboxylic acids is 1. The van der Waals surface area contributed by atoms with Crippen LogP contribution in [0, 0.1) is 11.8 Å². The average Bonchev–Trinajstić information content (AvgIpc) is 2.58. The van der Waals surface area contributed by atoms with Crippen LogP contribution in [0.2, 0.25) is 0 Å². The number of amides is 1. The van der Waals surface area contributed by atoms with Gasteiger partial charge in [0, 0.05) is 19.6 Å². The Hall–Kier alpha value is -1.55. The number of ether oxygens (including phenoxy) is 1. The summed E-state index contributed by atoms with van der Waals surface area (Å²) in [4.78, 5) is 14.8. The summed E-state index contributed by atoms with van der Waals surface area (Å²) >= 11 is 0. The summed E-state index contributed by atoms with van der Waals surface area (Å²) in [5.41, 5.74) is 1.13. The van der Waals surface area contributed by atoms with E-state index in [9.17, 15) is 4.79 Å². The van der Waals surface area contributed by atoms with Crippen LogP contribution in [-0.4, -0.2) is 43.1 Å². The van der Waals surface area contributed by atoms with E-state index < -0.39 is 6.10 Å². The van der Waals surface area contributed by atoms with Crippen LogP contribution in [0.3, 0.4) is 0 Å². The first-order valence-corrected chi connectivity index (χ1v) is 9.74. The number of hydrogen-bond acceptors (Lipinski definition) is 3. The molecule has 25 heavy (non-hydrogen) atoms. The zero-order chi connectivity index (χ0) is 18.2. The van der Waals surface area contributed by atoms with Crippen molar-refractivity contribution in [2.24, 2.45) is 11.8 Å². The first-order valence-electron chi connectivity index (χ1n) is 9.74. The number of piperidine rings is 1. The molecule has 1 N–H and O–H groups in total. The molecule has 1 fully saturated rings. The third-order valence-corrected chi connectivity index (χ3v) is 4.92. The molecule has 1 aromatic carbocycles. The van der Waals surface area contributed by atoms with Crippen molar-refractivity contribution in [3.8, 4) is 5.75 Å². The summed E-state index contributed by atoms with van der Waals surface area (Å²) in [7, 11) is 0. The molecule has 3 atom stereocenters. The molecule has 1 heterocycles. The van der Waals surface area contributed by atoms with Gasteiger partial charge < -0.3 is 15.0 Å². The number of rotatable bonds is 8. The second kappa shape index (κ2) is 9.81. The number of nitrogens with zero attached hydrogens (tertiary/aromatic N) is 1. The van der Waals surface area contributed by atoms with Crippen molar-refractivity contribution >= 4 is 5.91 Å². The second-order valence-corrected chi connectivity index (χ2v) is 7.57. The zero-order valence-electron chi connectivity index (χ0n) is 16.3. The quantitative estimate of drug-likeness (QED) is 0.733. The van der Waals surface area contributed by atoms with Gasteiger partial charge >= 0.3 is 0 Å². The van der Waals surface area contributed by atoms with Gasteiger partial charge in [-0.05, 0) is 56.2 Å². The van der Waals surface area contributed by atoms with Gasteiger partial charge in [0.25, 0.3) is 5.91 Å². The van der Waals surface area contributed by atoms with Gasteiger partial charge in [0.15, 0.2) is 6.10 Å². The molecule has 2 rings (SSSR count). The van der Waals surface area contributed by atoms with E-state index >= 15 is 0 Å². The Kier molecular flexibility index (Phi) is 7.76.